The summed E-state index contributed by atoms with van der Waals surface area (Å²) in [6, 6.07) is 9.59. The van der Waals surface area contributed by atoms with Gasteiger partial charge in [-0.3, -0.25) is 4.79 Å². The predicted molar refractivity (Wildman–Crippen MR) is 152 cm³/mol. The summed E-state index contributed by atoms with van der Waals surface area (Å²) < 4.78 is 10.4. The number of rotatable bonds is 6. The van der Waals surface area contributed by atoms with E-state index in [1.54, 1.807) is 12.3 Å². The SMILES string of the molecule is CC[C@@H](C)c1nc2ccc(Br)cc2c(=O)n1N=Cc1cc(I)c(OCC(C)(C)C)c(I)c1. The average Bonchev–Trinajstić information content (AvgIpc) is 2.71. The molecule has 0 unspecified atom stereocenters. The molecule has 3 rings (SSSR count). The topological polar surface area (TPSA) is 56.5 Å². The molecule has 0 spiro atoms. The first kappa shape index (κ1) is 25.6. The van der Waals surface area contributed by atoms with Crippen LogP contribution < -0.4 is 10.3 Å². The molecule has 0 bridgehead atoms. The lowest BCUT2D eigenvalue weighted by Gasteiger charge is -2.20. The average molecular weight is 722 g/mol. The highest BCUT2D eigenvalue weighted by molar-refractivity contribution is 14.1. The van der Waals surface area contributed by atoms with E-state index >= 15 is 0 Å². The smallest absolute Gasteiger partial charge is 0.282 e. The molecule has 0 aliphatic carbocycles. The van der Waals surface area contributed by atoms with Crippen molar-refractivity contribution in [3.63, 3.8) is 0 Å². The van der Waals surface area contributed by atoms with Gasteiger partial charge in [-0.2, -0.15) is 9.78 Å². The van der Waals surface area contributed by atoms with Gasteiger partial charge in [0.15, 0.2) is 0 Å². The fourth-order valence-electron chi connectivity index (χ4n) is 2.98. The van der Waals surface area contributed by atoms with Crippen molar-refractivity contribution < 1.29 is 4.74 Å². The number of nitrogens with zero attached hydrogens (tertiary/aromatic N) is 3. The van der Waals surface area contributed by atoms with E-state index < -0.39 is 0 Å². The molecule has 3 aromatic rings. The standard InChI is InChI=1S/C24H26BrI2N3O2/c1-6-14(2)22-29-20-8-7-16(25)11-17(20)23(31)30(22)28-12-15-9-18(26)21(19(27)10-15)32-13-24(3,4)5/h7-12,14H,6,13H2,1-5H3/t14-/m1/s1. The van der Waals surface area contributed by atoms with Crippen LogP contribution in [0.5, 0.6) is 5.75 Å². The first-order valence-electron chi connectivity index (χ1n) is 10.4. The van der Waals surface area contributed by atoms with Crippen LogP contribution >= 0.6 is 61.1 Å². The molecular weight excluding hydrogens is 696 g/mol. The van der Waals surface area contributed by atoms with Crippen LogP contribution in [0.15, 0.2) is 44.7 Å². The fraction of sp³-hybridized carbons (Fsp3) is 0.375. The molecule has 0 N–H and O–H groups in total. The Bertz CT molecular complexity index is 1210. The first-order chi connectivity index (χ1) is 15.0. The molecule has 8 heteroatoms. The van der Waals surface area contributed by atoms with E-state index in [1.807, 2.05) is 24.3 Å². The normalized spacial score (nSPS) is 13.1. The van der Waals surface area contributed by atoms with Crippen LogP contribution in [-0.4, -0.2) is 22.5 Å². The van der Waals surface area contributed by atoms with Crippen molar-refractivity contribution in [1.82, 2.24) is 9.66 Å². The number of benzene rings is 2. The van der Waals surface area contributed by atoms with Crippen molar-refractivity contribution in [2.24, 2.45) is 10.5 Å². The Hall–Kier alpha value is -1.01. The molecule has 0 saturated heterocycles. The molecule has 170 valence electrons. The highest BCUT2D eigenvalue weighted by atomic mass is 127. The van der Waals surface area contributed by atoms with Gasteiger partial charge < -0.3 is 4.74 Å². The summed E-state index contributed by atoms with van der Waals surface area (Å²) in [5.41, 5.74) is 1.50. The number of ether oxygens (including phenoxy) is 1. The highest BCUT2D eigenvalue weighted by Gasteiger charge is 2.17. The molecule has 1 heterocycles. The van der Waals surface area contributed by atoms with Gasteiger partial charge in [-0.1, -0.05) is 50.5 Å². The number of aromatic nitrogens is 2. The van der Waals surface area contributed by atoms with E-state index in [4.69, 9.17) is 9.72 Å². The molecule has 0 saturated carbocycles. The zero-order chi connectivity index (χ0) is 23.6. The number of hydrogen-bond donors (Lipinski definition) is 0. The van der Waals surface area contributed by atoms with Crippen LogP contribution in [0.25, 0.3) is 10.9 Å². The zero-order valence-electron chi connectivity index (χ0n) is 18.7. The Kier molecular flexibility index (Phi) is 8.40. The second-order valence-corrected chi connectivity index (χ2v) is 12.2. The lowest BCUT2D eigenvalue weighted by molar-refractivity contribution is 0.195. The van der Waals surface area contributed by atoms with Gasteiger partial charge in [-0.15, -0.1) is 0 Å². The monoisotopic (exact) mass is 721 g/mol. The maximum absolute atomic E-state index is 13.3. The molecule has 0 aliphatic heterocycles. The predicted octanol–water partition coefficient (Wildman–Crippen LogP) is 7.19. The lowest BCUT2D eigenvalue weighted by atomic mass is 9.99. The summed E-state index contributed by atoms with van der Waals surface area (Å²) in [7, 11) is 0. The number of halogens is 3. The summed E-state index contributed by atoms with van der Waals surface area (Å²) in [5.74, 6) is 1.65. The minimum atomic E-state index is -0.169. The Morgan fingerprint density at radius 2 is 1.88 bits per heavy atom. The molecule has 5 nitrogen and oxygen atoms in total. The van der Waals surface area contributed by atoms with Gasteiger partial charge in [0.2, 0.25) is 0 Å². The van der Waals surface area contributed by atoms with E-state index in [2.05, 4.69) is 101 Å². The van der Waals surface area contributed by atoms with Crippen LogP contribution in [0.3, 0.4) is 0 Å². The minimum absolute atomic E-state index is 0.0813. The molecule has 1 atom stereocenters. The zero-order valence-corrected chi connectivity index (χ0v) is 24.6. The van der Waals surface area contributed by atoms with Crippen LogP contribution in [0, 0.1) is 12.6 Å². The van der Waals surface area contributed by atoms with Crippen molar-refractivity contribution in [3.8, 4) is 5.75 Å². The Labute approximate surface area is 224 Å². The third-order valence-electron chi connectivity index (χ3n) is 4.88. The van der Waals surface area contributed by atoms with Crippen molar-refractivity contribution in [1.29, 1.82) is 0 Å². The summed E-state index contributed by atoms with van der Waals surface area (Å²) in [5, 5.41) is 5.12. The maximum Gasteiger partial charge on any atom is 0.282 e. The second kappa shape index (κ2) is 10.5. The Morgan fingerprint density at radius 1 is 1.22 bits per heavy atom. The number of hydrogen-bond acceptors (Lipinski definition) is 4. The van der Waals surface area contributed by atoms with Gasteiger partial charge in [0, 0.05) is 10.4 Å². The van der Waals surface area contributed by atoms with Crippen molar-refractivity contribution in [3.05, 3.63) is 63.7 Å². The van der Waals surface area contributed by atoms with Gasteiger partial charge in [0.1, 0.15) is 11.6 Å². The lowest BCUT2D eigenvalue weighted by Crippen LogP contribution is -2.23. The molecule has 0 radical (unpaired) electrons. The summed E-state index contributed by atoms with van der Waals surface area (Å²) in [6.45, 7) is 11.2. The molecule has 0 amide bonds. The van der Waals surface area contributed by atoms with Crippen molar-refractivity contribution >= 4 is 78.2 Å². The van der Waals surface area contributed by atoms with E-state index in [-0.39, 0.29) is 16.9 Å². The van der Waals surface area contributed by atoms with Gasteiger partial charge in [0.25, 0.3) is 5.56 Å². The molecule has 0 fully saturated rings. The minimum Gasteiger partial charge on any atom is -0.491 e. The quantitative estimate of drug-likeness (QED) is 0.200. The molecule has 32 heavy (non-hydrogen) atoms. The van der Waals surface area contributed by atoms with E-state index in [0.29, 0.717) is 23.3 Å². The van der Waals surface area contributed by atoms with Crippen LogP contribution in [0.2, 0.25) is 0 Å². The van der Waals surface area contributed by atoms with Crippen LogP contribution in [-0.2, 0) is 0 Å². The van der Waals surface area contributed by atoms with E-state index in [1.165, 1.54) is 4.68 Å². The fourth-order valence-corrected chi connectivity index (χ4v) is 5.47. The van der Waals surface area contributed by atoms with Crippen LogP contribution in [0.1, 0.15) is 58.3 Å². The van der Waals surface area contributed by atoms with E-state index in [9.17, 15) is 4.79 Å². The van der Waals surface area contributed by atoms with Gasteiger partial charge >= 0.3 is 0 Å². The summed E-state index contributed by atoms with van der Waals surface area (Å²) in [6.07, 6.45) is 2.58. The molecular formula is C24H26BrI2N3O2. The van der Waals surface area contributed by atoms with Crippen molar-refractivity contribution in [2.75, 3.05) is 6.61 Å². The number of fused-ring (bicyclic) bond motifs is 1. The molecule has 0 aliphatic rings. The van der Waals surface area contributed by atoms with Gasteiger partial charge in [-0.05, 0) is 92.9 Å². The maximum atomic E-state index is 13.3. The van der Waals surface area contributed by atoms with Crippen LogP contribution in [0.4, 0.5) is 0 Å². The molecule has 1 aromatic heterocycles. The van der Waals surface area contributed by atoms with Crippen molar-refractivity contribution in [2.45, 2.75) is 47.0 Å². The summed E-state index contributed by atoms with van der Waals surface area (Å²) in [4.78, 5) is 18.0. The third kappa shape index (κ3) is 6.11. The molecule has 2 aromatic carbocycles. The van der Waals surface area contributed by atoms with E-state index in [0.717, 1.165) is 29.3 Å². The second-order valence-electron chi connectivity index (χ2n) is 8.97. The Balaban J connectivity index is 2.04. The third-order valence-corrected chi connectivity index (χ3v) is 6.97. The summed E-state index contributed by atoms with van der Waals surface area (Å²) >= 11 is 8.02. The first-order valence-corrected chi connectivity index (χ1v) is 13.3. The van der Waals surface area contributed by atoms with Gasteiger partial charge in [-0.25, -0.2) is 4.98 Å². The Morgan fingerprint density at radius 3 is 2.47 bits per heavy atom. The largest absolute Gasteiger partial charge is 0.491 e. The van der Waals surface area contributed by atoms with Gasteiger partial charge in [0.05, 0.1) is 30.9 Å². The highest BCUT2D eigenvalue weighted by Crippen LogP contribution is 2.30.